The zero-order valence-corrected chi connectivity index (χ0v) is 16.1. The summed E-state index contributed by atoms with van der Waals surface area (Å²) in [5.41, 5.74) is 0. The predicted octanol–water partition coefficient (Wildman–Crippen LogP) is 2.80. The van der Waals surface area contributed by atoms with Gasteiger partial charge in [-0.3, -0.25) is 9.80 Å². The molecule has 140 valence electrons. The first kappa shape index (κ1) is 20.8. The molecule has 0 aromatic rings. The van der Waals surface area contributed by atoms with E-state index in [0.717, 1.165) is 12.8 Å². The lowest BCUT2D eigenvalue weighted by Gasteiger charge is -2.49. The Balaban J connectivity index is 3.08. The van der Waals surface area contributed by atoms with Gasteiger partial charge in [-0.1, -0.05) is 19.3 Å². The maximum atomic E-state index is 12.8. The van der Waals surface area contributed by atoms with Gasteiger partial charge in [0, 0.05) is 5.92 Å². The van der Waals surface area contributed by atoms with E-state index in [1.54, 1.807) is 0 Å². The van der Waals surface area contributed by atoms with E-state index in [2.05, 4.69) is 0 Å². The molecular weight excluding hydrogens is 308 g/mol. The monoisotopic (exact) mass is 342 g/mol. The fourth-order valence-corrected chi connectivity index (χ4v) is 3.52. The summed E-state index contributed by atoms with van der Waals surface area (Å²) in [6.07, 6.45) is 7.02. The topological polar surface area (TPSA) is 51.2 Å². The molecule has 1 rings (SSSR count). The molecule has 0 saturated heterocycles. The first-order chi connectivity index (χ1) is 11.4. The van der Waals surface area contributed by atoms with Crippen LogP contribution in [0.3, 0.4) is 0 Å². The van der Waals surface area contributed by atoms with Crippen LogP contribution in [0.2, 0.25) is 0 Å². The maximum Gasteiger partial charge on any atom is 0.379 e. The standard InChI is InChI=1S/C18H34N2O4/c1-7-22-14-16(23-8-2)17(21)24-18(19(3)4,20(5)6)15-12-10-9-11-13-15/h14-15H,7-13H2,1-6H3. The molecule has 0 N–H and O–H groups in total. The van der Waals surface area contributed by atoms with Crippen molar-refractivity contribution in [2.45, 2.75) is 51.8 Å². The van der Waals surface area contributed by atoms with Gasteiger partial charge in [0.25, 0.3) is 0 Å². The number of hydrogen-bond acceptors (Lipinski definition) is 6. The Bertz CT molecular complexity index is 407. The molecule has 1 saturated carbocycles. The van der Waals surface area contributed by atoms with Crippen molar-refractivity contribution in [1.29, 1.82) is 0 Å². The number of ether oxygens (including phenoxy) is 3. The molecule has 24 heavy (non-hydrogen) atoms. The average molecular weight is 342 g/mol. The summed E-state index contributed by atoms with van der Waals surface area (Å²) in [5.74, 6) is -0.906. The minimum atomic E-state index is -0.792. The van der Waals surface area contributed by atoms with Crippen LogP contribution in [0.25, 0.3) is 0 Å². The Labute approximate surface area is 146 Å². The van der Waals surface area contributed by atoms with Gasteiger partial charge in [-0.25, -0.2) is 4.79 Å². The lowest BCUT2D eigenvalue weighted by atomic mass is 9.84. The van der Waals surface area contributed by atoms with Gasteiger partial charge in [0.1, 0.15) is 6.26 Å². The quantitative estimate of drug-likeness (QED) is 0.278. The van der Waals surface area contributed by atoms with Crippen LogP contribution in [0.1, 0.15) is 46.0 Å². The number of rotatable bonds is 9. The Kier molecular flexibility index (Phi) is 8.56. The van der Waals surface area contributed by atoms with Crippen molar-refractivity contribution in [3.8, 4) is 0 Å². The van der Waals surface area contributed by atoms with Crippen molar-refractivity contribution in [2.75, 3.05) is 41.4 Å². The highest BCUT2D eigenvalue weighted by atomic mass is 16.6. The molecule has 1 aliphatic rings. The van der Waals surface area contributed by atoms with Crippen LogP contribution in [0.4, 0.5) is 0 Å². The molecule has 0 amide bonds. The van der Waals surface area contributed by atoms with E-state index in [9.17, 15) is 4.79 Å². The Morgan fingerprint density at radius 2 is 1.62 bits per heavy atom. The van der Waals surface area contributed by atoms with Gasteiger partial charge in [0.2, 0.25) is 11.6 Å². The second kappa shape index (κ2) is 9.89. The summed E-state index contributed by atoms with van der Waals surface area (Å²) in [4.78, 5) is 16.7. The molecule has 1 aliphatic carbocycles. The largest absolute Gasteiger partial charge is 0.497 e. The lowest BCUT2D eigenvalue weighted by molar-refractivity contribution is -0.248. The third-order valence-electron chi connectivity index (χ3n) is 4.52. The van der Waals surface area contributed by atoms with Crippen molar-refractivity contribution >= 4 is 5.97 Å². The van der Waals surface area contributed by atoms with Crippen molar-refractivity contribution in [3.05, 3.63) is 12.0 Å². The molecule has 0 spiro atoms. The van der Waals surface area contributed by atoms with Crippen molar-refractivity contribution in [2.24, 2.45) is 5.92 Å². The molecule has 6 heteroatoms. The zero-order valence-electron chi connectivity index (χ0n) is 16.1. The molecule has 0 heterocycles. The van der Waals surface area contributed by atoms with E-state index >= 15 is 0 Å². The number of nitrogens with zero attached hydrogens (tertiary/aromatic N) is 2. The van der Waals surface area contributed by atoms with Crippen LogP contribution in [-0.2, 0) is 19.0 Å². The predicted molar refractivity (Wildman–Crippen MR) is 94.1 cm³/mol. The van der Waals surface area contributed by atoms with E-state index in [4.69, 9.17) is 14.2 Å². The second-order valence-corrected chi connectivity index (χ2v) is 6.54. The summed E-state index contributed by atoms with van der Waals surface area (Å²) in [5, 5.41) is 0. The molecule has 0 aliphatic heterocycles. The molecule has 0 aromatic heterocycles. The first-order valence-electron chi connectivity index (χ1n) is 8.92. The van der Waals surface area contributed by atoms with Gasteiger partial charge in [-0.2, -0.15) is 0 Å². The Hall–Kier alpha value is -1.27. The summed E-state index contributed by atoms with van der Waals surface area (Å²) in [7, 11) is 7.81. The number of carbonyl (C=O) groups excluding carboxylic acids is 1. The smallest absolute Gasteiger partial charge is 0.379 e. The molecule has 6 nitrogen and oxygen atoms in total. The normalized spacial score (nSPS) is 17.2. The number of hydrogen-bond donors (Lipinski definition) is 0. The third kappa shape index (κ3) is 4.86. The van der Waals surface area contributed by atoms with E-state index in [1.165, 1.54) is 25.5 Å². The molecule has 0 bridgehead atoms. The van der Waals surface area contributed by atoms with Crippen LogP contribution >= 0.6 is 0 Å². The maximum absolute atomic E-state index is 12.8. The fraction of sp³-hybridized carbons (Fsp3) is 0.833. The molecule has 0 radical (unpaired) electrons. The van der Waals surface area contributed by atoms with Gasteiger partial charge in [-0.15, -0.1) is 0 Å². The highest BCUT2D eigenvalue weighted by Gasteiger charge is 2.47. The zero-order chi connectivity index (χ0) is 18.2. The highest BCUT2D eigenvalue weighted by Crippen LogP contribution is 2.38. The van der Waals surface area contributed by atoms with Crippen LogP contribution in [0, 0.1) is 5.92 Å². The summed E-state index contributed by atoms with van der Waals surface area (Å²) in [6.45, 7) is 4.55. The van der Waals surface area contributed by atoms with Gasteiger partial charge in [0.05, 0.1) is 13.2 Å². The van der Waals surface area contributed by atoms with Gasteiger partial charge in [-0.05, 0) is 54.9 Å². The highest BCUT2D eigenvalue weighted by molar-refractivity contribution is 5.86. The molecule has 0 atom stereocenters. The fourth-order valence-electron chi connectivity index (χ4n) is 3.52. The second-order valence-electron chi connectivity index (χ2n) is 6.54. The summed E-state index contributed by atoms with van der Waals surface area (Å²) < 4.78 is 16.7. The van der Waals surface area contributed by atoms with Crippen LogP contribution < -0.4 is 0 Å². The molecular formula is C18H34N2O4. The first-order valence-corrected chi connectivity index (χ1v) is 8.92. The van der Waals surface area contributed by atoms with Crippen LogP contribution in [0.15, 0.2) is 12.0 Å². The van der Waals surface area contributed by atoms with Crippen molar-refractivity contribution in [1.82, 2.24) is 9.80 Å². The minimum Gasteiger partial charge on any atom is -0.497 e. The van der Waals surface area contributed by atoms with Crippen molar-refractivity contribution < 1.29 is 19.0 Å². The van der Waals surface area contributed by atoms with E-state index in [1.807, 2.05) is 51.8 Å². The Morgan fingerprint density at radius 1 is 1.04 bits per heavy atom. The van der Waals surface area contributed by atoms with Gasteiger partial charge < -0.3 is 14.2 Å². The number of esters is 1. The summed E-state index contributed by atoms with van der Waals surface area (Å²) >= 11 is 0. The van der Waals surface area contributed by atoms with E-state index in [-0.39, 0.29) is 11.7 Å². The SMILES string of the molecule is CCOC=C(OCC)C(=O)OC(C1CCCCC1)(N(C)C)N(C)C. The third-order valence-corrected chi connectivity index (χ3v) is 4.52. The number of carbonyl (C=O) groups is 1. The average Bonchev–Trinajstić information content (AvgIpc) is 2.56. The molecule has 0 unspecified atom stereocenters. The minimum absolute atomic E-state index is 0.114. The van der Waals surface area contributed by atoms with Gasteiger partial charge in [0.15, 0.2) is 0 Å². The van der Waals surface area contributed by atoms with Gasteiger partial charge >= 0.3 is 5.97 Å². The van der Waals surface area contributed by atoms with Crippen LogP contribution in [0.5, 0.6) is 0 Å². The summed E-state index contributed by atoms with van der Waals surface area (Å²) in [6, 6.07) is 0. The molecule has 1 fully saturated rings. The molecule has 0 aromatic carbocycles. The van der Waals surface area contributed by atoms with E-state index in [0.29, 0.717) is 13.2 Å². The van der Waals surface area contributed by atoms with Crippen molar-refractivity contribution in [3.63, 3.8) is 0 Å². The lowest BCUT2D eigenvalue weighted by Crippen LogP contribution is -2.63. The van der Waals surface area contributed by atoms with Crippen LogP contribution in [-0.4, -0.2) is 63.0 Å². The Morgan fingerprint density at radius 3 is 2.08 bits per heavy atom. The van der Waals surface area contributed by atoms with E-state index < -0.39 is 11.8 Å².